The maximum Gasteiger partial charge on any atom is 0.221 e. The van der Waals surface area contributed by atoms with E-state index in [2.05, 4.69) is 5.32 Å². The maximum atomic E-state index is 11.7. The number of hydrogen-bond donors (Lipinski definition) is 1. The number of rotatable bonds is 3. The van der Waals surface area contributed by atoms with E-state index in [4.69, 9.17) is 11.6 Å². The maximum absolute atomic E-state index is 11.7. The zero-order valence-corrected chi connectivity index (χ0v) is 11.0. The van der Waals surface area contributed by atoms with Gasteiger partial charge in [-0.05, 0) is 24.6 Å². The Morgan fingerprint density at radius 1 is 1.41 bits per heavy atom. The molecular formula is C11H12ClNO3S. The van der Waals surface area contributed by atoms with Crippen LogP contribution in [0.15, 0.2) is 34.0 Å². The van der Waals surface area contributed by atoms with Gasteiger partial charge < -0.3 is 5.32 Å². The first kappa shape index (κ1) is 13.7. The van der Waals surface area contributed by atoms with Gasteiger partial charge in [0.25, 0.3) is 0 Å². The van der Waals surface area contributed by atoms with Gasteiger partial charge in [-0.1, -0.05) is 17.7 Å². The summed E-state index contributed by atoms with van der Waals surface area (Å²) in [6.07, 6.45) is 0. The van der Waals surface area contributed by atoms with Crippen molar-refractivity contribution in [1.29, 1.82) is 0 Å². The van der Waals surface area contributed by atoms with Crippen LogP contribution >= 0.6 is 11.6 Å². The Labute approximate surface area is 105 Å². The van der Waals surface area contributed by atoms with E-state index in [1.807, 2.05) is 0 Å². The lowest BCUT2D eigenvalue weighted by atomic mass is 10.2. The molecule has 1 amide bonds. The summed E-state index contributed by atoms with van der Waals surface area (Å²) in [5.41, 5.74) is 2.20. The Morgan fingerprint density at radius 3 is 2.59 bits per heavy atom. The minimum Gasteiger partial charge on any atom is -0.326 e. The van der Waals surface area contributed by atoms with Gasteiger partial charge in [-0.2, -0.15) is 0 Å². The van der Waals surface area contributed by atoms with Crippen LogP contribution in [0.3, 0.4) is 0 Å². The minimum atomic E-state index is -3.55. The van der Waals surface area contributed by atoms with E-state index in [1.54, 1.807) is 13.0 Å². The van der Waals surface area contributed by atoms with Crippen molar-refractivity contribution in [1.82, 2.24) is 0 Å². The Bertz CT molecular complexity index is 564. The van der Waals surface area contributed by atoms with Gasteiger partial charge >= 0.3 is 0 Å². The molecule has 1 aromatic rings. The van der Waals surface area contributed by atoms with Crippen molar-refractivity contribution in [2.75, 3.05) is 5.32 Å². The molecule has 0 atom stereocenters. The molecule has 0 aliphatic rings. The molecule has 0 heterocycles. The highest BCUT2D eigenvalue weighted by Crippen LogP contribution is 2.21. The molecular weight excluding hydrogens is 262 g/mol. The van der Waals surface area contributed by atoms with Gasteiger partial charge in [-0.15, -0.1) is 0 Å². The van der Waals surface area contributed by atoms with Crippen LogP contribution in [0, 0.1) is 6.92 Å². The summed E-state index contributed by atoms with van der Waals surface area (Å²) < 4.78 is 23.4. The lowest BCUT2D eigenvalue weighted by Crippen LogP contribution is -2.08. The Kier molecular flexibility index (Phi) is 4.31. The highest BCUT2D eigenvalue weighted by atomic mass is 35.5. The fourth-order valence-corrected chi connectivity index (χ4v) is 2.49. The van der Waals surface area contributed by atoms with Gasteiger partial charge in [-0.3, -0.25) is 4.79 Å². The van der Waals surface area contributed by atoms with Crippen LogP contribution in [-0.4, -0.2) is 14.3 Å². The average molecular weight is 274 g/mol. The molecule has 0 fully saturated rings. The highest BCUT2D eigenvalue weighted by molar-refractivity contribution is 7.94. The predicted molar refractivity (Wildman–Crippen MR) is 67.7 cm³/mol. The van der Waals surface area contributed by atoms with E-state index in [0.717, 1.165) is 16.5 Å². The van der Waals surface area contributed by atoms with Crippen LogP contribution in [-0.2, 0) is 14.6 Å². The second-order valence-electron chi connectivity index (χ2n) is 3.46. The van der Waals surface area contributed by atoms with Crippen LogP contribution in [0.1, 0.15) is 12.5 Å². The number of hydrogen-bond acceptors (Lipinski definition) is 3. The number of nitrogens with one attached hydrogen (secondary N) is 1. The highest BCUT2D eigenvalue weighted by Gasteiger charge is 2.12. The summed E-state index contributed by atoms with van der Waals surface area (Å²) in [7, 11) is -3.55. The molecule has 0 radical (unpaired) electrons. The first-order valence-electron chi connectivity index (χ1n) is 4.77. The summed E-state index contributed by atoms with van der Waals surface area (Å²) >= 11 is 5.26. The van der Waals surface area contributed by atoms with Crippen LogP contribution < -0.4 is 5.32 Å². The van der Waals surface area contributed by atoms with Gasteiger partial charge in [0.05, 0.1) is 4.90 Å². The zero-order chi connectivity index (χ0) is 13.1. The number of aryl methyl sites for hydroxylation is 1. The van der Waals surface area contributed by atoms with Gasteiger partial charge in [0.2, 0.25) is 15.7 Å². The molecule has 6 heteroatoms. The fourth-order valence-electron chi connectivity index (χ4n) is 1.25. The van der Waals surface area contributed by atoms with Crippen molar-refractivity contribution in [3.05, 3.63) is 34.7 Å². The number of halogens is 1. The van der Waals surface area contributed by atoms with E-state index in [0.29, 0.717) is 5.69 Å². The van der Waals surface area contributed by atoms with Crippen LogP contribution in [0.25, 0.3) is 0 Å². The third-order valence-corrected chi connectivity index (χ3v) is 3.76. The number of benzene rings is 1. The normalized spacial score (nSPS) is 11.7. The predicted octanol–water partition coefficient (Wildman–Crippen LogP) is 2.44. The molecule has 0 aliphatic carbocycles. The first-order chi connectivity index (χ1) is 7.86. The second-order valence-corrected chi connectivity index (χ2v) is 5.55. The molecule has 0 aromatic heterocycles. The number of carbonyl (C=O) groups excluding carboxylic acids is 1. The lowest BCUT2D eigenvalue weighted by molar-refractivity contribution is -0.114. The van der Waals surface area contributed by atoms with Crippen LogP contribution in [0.4, 0.5) is 5.69 Å². The van der Waals surface area contributed by atoms with Crippen molar-refractivity contribution < 1.29 is 13.2 Å². The molecule has 0 aliphatic heterocycles. The molecule has 0 spiro atoms. The van der Waals surface area contributed by atoms with Crippen LogP contribution in [0.5, 0.6) is 0 Å². The lowest BCUT2D eigenvalue weighted by Gasteiger charge is -2.08. The molecule has 92 valence electrons. The standard InChI is InChI=1S/C11H12ClNO3S/c1-8-3-4-10(17(15,16)6-5-12)7-11(8)13-9(2)14/h3-7H,1-2H3,(H,13,14). The Morgan fingerprint density at radius 2 is 2.06 bits per heavy atom. The van der Waals surface area contributed by atoms with Crippen molar-refractivity contribution in [2.24, 2.45) is 0 Å². The molecule has 1 rings (SSSR count). The molecule has 0 bridgehead atoms. The summed E-state index contributed by atoms with van der Waals surface area (Å²) in [6.45, 7) is 3.14. The molecule has 4 nitrogen and oxygen atoms in total. The fraction of sp³-hybridized carbons (Fsp3) is 0.182. The first-order valence-corrected chi connectivity index (χ1v) is 6.75. The molecule has 1 N–H and O–H groups in total. The van der Waals surface area contributed by atoms with Crippen molar-refractivity contribution >= 4 is 33.0 Å². The molecule has 0 saturated carbocycles. The molecule has 1 aromatic carbocycles. The topological polar surface area (TPSA) is 63.2 Å². The number of sulfone groups is 1. The third kappa shape index (κ3) is 3.57. The summed E-state index contributed by atoms with van der Waals surface area (Å²) in [6, 6.07) is 4.50. The van der Waals surface area contributed by atoms with Crippen molar-refractivity contribution in [2.45, 2.75) is 18.7 Å². The summed E-state index contributed by atoms with van der Waals surface area (Å²) in [5.74, 6) is -0.254. The SMILES string of the molecule is CC(=O)Nc1cc(S(=O)(=O)C=CCl)ccc1C. The number of carbonyl (C=O) groups is 1. The van der Waals surface area contributed by atoms with Crippen molar-refractivity contribution in [3.63, 3.8) is 0 Å². The molecule has 17 heavy (non-hydrogen) atoms. The summed E-state index contributed by atoms with van der Waals surface area (Å²) in [4.78, 5) is 11.0. The number of amides is 1. The van der Waals surface area contributed by atoms with Gasteiger partial charge in [0.15, 0.2) is 0 Å². The van der Waals surface area contributed by atoms with Gasteiger partial charge in [0, 0.05) is 23.6 Å². The smallest absolute Gasteiger partial charge is 0.221 e. The average Bonchev–Trinajstić information content (AvgIpc) is 2.20. The monoisotopic (exact) mass is 273 g/mol. The number of anilines is 1. The van der Waals surface area contributed by atoms with E-state index in [-0.39, 0.29) is 10.8 Å². The van der Waals surface area contributed by atoms with E-state index < -0.39 is 9.84 Å². The van der Waals surface area contributed by atoms with E-state index in [1.165, 1.54) is 19.1 Å². The largest absolute Gasteiger partial charge is 0.326 e. The van der Waals surface area contributed by atoms with Crippen molar-refractivity contribution in [3.8, 4) is 0 Å². The zero-order valence-electron chi connectivity index (χ0n) is 9.40. The van der Waals surface area contributed by atoms with Crippen LogP contribution in [0.2, 0.25) is 0 Å². The quantitative estimate of drug-likeness (QED) is 0.920. The van der Waals surface area contributed by atoms with Gasteiger partial charge in [0.1, 0.15) is 0 Å². The second kappa shape index (κ2) is 5.33. The molecule has 0 unspecified atom stereocenters. The third-order valence-electron chi connectivity index (χ3n) is 2.08. The Balaban J connectivity index is 3.26. The minimum absolute atomic E-state index is 0.0868. The summed E-state index contributed by atoms with van der Waals surface area (Å²) in [5, 5.41) is 3.47. The molecule has 0 saturated heterocycles. The van der Waals surface area contributed by atoms with Gasteiger partial charge in [-0.25, -0.2) is 8.42 Å². The van der Waals surface area contributed by atoms with E-state index >= 15 is 0 Å². The Hall–Kier alpha value is -1.33. The van der Waals surface area contributed by atoms with E-state index in [9.17, 15) is 13.2 Å².